The molecule has 0 radical (unpaired) electrons. The minimum absolute atomic E-state index is 0.234. The lowest BCUT2D eigenvalue weighted by Crippen LogP contribution is -2.49. The van der Waals surface area contributed by atoms with Crippen molar-refractivity contribution in [3.05, 3.63) is 65.4 Å². The van der Waals surface area contributed by atoms with Gasteiger partial charge in [0.1, 0.15) is 0 Å². The molecule has 1 saturated carbocycles. The molecule has 1 aliphatic carbocycles. The second-order valence-corrected chi connectivity index (χ2v) is 9.53. The number of rotatable bonds is 5. The van der Waals surface area contributed by atoms with Crippen molar-refractivity contribution in [2.75, 3.05) is 36.4 Å². The molecule has 1 aliphatic heterocycles. The highest BCUT2D eigenvalue weighted by molar-refractivity contribution is 5.93. The van der Waals surface area contributed by atoms with Gasteiger partial charge in [-0.15, -0.1) is 0 Å². The van der Waals surface area contributed by atoms with E-state index < -0.39 is 11.7 Å². The van der Waals surface area contributed by atoms with E-state index in [2.05, 4.69) is 21.3 Å². The summed E-state index contributed by atoms with van der Waals surface area (Å²) in [7, 11) is 0. The Morgan fingerprint density at radius 3 is 2.51 bits per heavy atom. The third-order valence-electron chi connectivity index (χ3n) is 7.13. The minimum atomic E-state index is -4.38. The molecule has 0 unspecified atom stereocenters. The first-order valence-electron chi connectivity index (χ1n) is 12.1. The first-order valence-corrected chi connectivity index (χ1v) is 12.1. The number of pyridine rings is 1. The van der Waals surface area contributed by atoms with Crippen LogP contribution in [0, 0.1) is 12.8 Å². The first kappa shape index (κ1) is 23.5. The average molecular weight is 483 g/mol. The maximum Gasteiger partial charge on any atom is 0.416 e. The van der Waals surface area contributed by atoms with Crippen LogP contribution in [0.4, 0.5) is 24.5 Å². The summed E-state index contributed by atoms with van der Waals surface area (Å²) in [5, 5.41) is 4.33. The molecule has 1 saturated heterocycles. The standard InChI is InChI=1S/C27H29F3N4O/c1-17-21(4-3-5-23(17)27(28,29)30)18(2)32-25-10-11-31-24-9-8-20(16-22(24)25)33-12-14-34(15-13-33)26(35)19-6-7-19/h3-5,8-11,16,18-19H,6-7,12-15H2,1-2H3,(H,31,32)/t18-/m1/s1. The lowest BCUT2D eigenvalue weighted by atomic mass is 9.97. The summed E-state index contributed by atoms with van der Waals surface area (Å²) in [6.45, 7) is 6.37. The number of nitrogens with zero attached hydrogens (tertiary/aromatic N) is 3. The third-order valence-corrected chi connectivity index (χ3v) is 7.13. The second-order valence-electron chi connectivity index (χ2n) is 9.53. The molecular weight excluding hydrogens is 453 g/mol. The molecule has 0 spiro atoms. The summed E-state index contributed by atoms with van der Waals surface area (Å²) in [6, 6.07) is 11.9. The number of carbonyl (C=O) groups is 1. The van der Waals surface area contributed by atoms with Gasteiger partial charge in [-0.05, 0) is 68.1 Å². The van der Waals surface area contributed by atoms with Gasteiger partial charge in [0.15, 0.2) is 0 Å². The predicted octanol–water partition coefficient (Wildman–Crippen LogP) is 5.79. The molecule has 3 aromatic rings. The lowest BCUT2D eigenvalue weighted by molar-refractivity contribution is -0.138. The van der Waals surface area contributed by atoms with E-state index in [0.717, 1.165) is 67.4 Å². The average Bonchev–Trinajstić information content (AvgIpc) is 3.69. The molecule has 1 amide bonds. The molecule has 2 fully saturated rings. The minimum Gasteiger partial charge on any atom is -0.378 e. The van der Waals surface area contributed by atoms with Crippen LogP contribution in [0.15, 0.2) is 48.7 Å². The Morgan fingerprint density at radius 1 is 1.09 bits per heavy atom. The molecule has 0 bridgehead atoms. The summed E-state index contributed by atoms with van der Waals surface area (Å²) in [4.78, 5) is 21.1. The van der Waals surface area contributed by atoms with Gasteiger partial charge in [0, 0.05) is 61.1 Å². The number of nitrogens with one attached hydrogen (secondary N) is 1. The van der Waals surface area contributed by atoms with Gasteiger partial charge in [0.2, 0.25) is 5.91 Å². The van der Waals surface area contributed by atoms with Gasteiger partial charge in [-0.25, -0.2) is 0 Å². The first-order chi connectivity index (χ1) is 16.7. The zero-order valence-corrected chi connectivity index (χ0v) is 19.9. The van der Waals surface area contributed by atoms with Crippen molar-refractivity contribution in [1.29, 1.82) is 0 Å². The maximum absolute atomic E-state index is 13.4. The Balaban J connectivity index is 1.37. The summed E-state index contributed by atoms with van der Waals surface area (Å²) < 4.78 is 40.2. The largest absolute Gasteiger partial charge is 0.416 e. The number of amides is 1. The van der Waals surface area contributed by atoms with Crippen LogP contribution in [-0.4, -0.2) is 42.0 Å². The van der Waals surface area contributed by atoms with E-state index in [4.69, 9.17) is 0 Å². The third kappa shape index (κ3) is 4.79. The quantitative estimate of drug-likeness (QED) is 0.500. The van der Waals surface area contributed by atoms with Gasteiger partial charge >= 0.3 is 6.18 Å². The van der Waals surface area contributed by atoms with Crippen molar-refractivity contribution >= 4 is 28.2 Å². The Bertz CT molecular complexity index is 1250. The van der Waals surface area contributed by atoms with Crippen molar-refractivity contribution in [2.45, 2.75) is 38.9 Å². The molecule has 35 heavy (non-hydrogen) atoms. The summed E-state index contributed by atoms with van der Waals surface area (Å²) in [5.74, 6) is 0.530. The molecule has 2 aliphatic rings. The van der Waals surface area contributed by atoms with Gasteiger partial charge in [-0.3, -0.25) is 9.78 Å². The highest BCUT2D eigenvalue weighted by atomic mass is 19.4. The number of carbonyl (C=O) groups excluding carboxylic acids is 1. The topological polar surface area (TPSA) is 48.5 Å². The number of benzene rings is 2. The number of fused-ring (bicyclic) bond motifs is 1. The molecule has 184 valence electrons. The molecule has 8 heteroatoms. The van der Waals surface area contributed by atoms with Crippen molar-refractivity contribution in [2.24, 2.45) is 5.92 Å². The van der Waals surface area contributed by atoms with E-state index in [1.807, 2.05) is 30.0 Å². The Kier molecular flexibility index (Phi) is 6.07. The Labute approximate surface area is 202 Å². The van der Waals surface area contributed by atoms with Gasteiger partial charge < -0.3 is 15.1 Å². The van der Waals surface area contributed by atoms with Crippen LogP contribution in [0.25, 0.3) is 10.9 Å². The smallest absolute Gasteiger partial charge is 0.378 e. The van der Waals surface area contributed by atoms with Crippen LogP contribution >= 0.6 is 0 Å². The summed E-state index contributed by atoms with van der Waals surface area (Å²) in [6.07, 6.45) is -0.639. The number of alkyl halides is 3. The zero-order valence-electron chi connectivity index (χ0n) is 19.9. The number of hydrogen-bond acceptors (Lipinski definition) is 4. The molecular formula is C27H29F3N4O. The number of hydrogen-bond donors (Lipinski definition) is 1. The van der Waals surface area contributed by atoms with Crippen LogP contribution in [-0.2, 0) is 11.0 Å². The van der Waals surface area contributed by atoms with Gasteiger partial charge in [-0.1, -0.05) is 12.1 Å². The fourth-order valence-corrected chi connectivity index (χ4v) is 4.97. The number of halogens is 3. The summed E-state index contributed by atoms with van der Waals surface area (Å²) >= 11 is 0. The van der Waals surface area contributed by atoms with Gasteiger partial charge in [-0.2, -0.15) is 13.2 Å². The summed E-state index contributed by atoms with van der Waals surface area (Å²) in [5.41, 5.74) is 2.92. The van der Waals surface area contributed by atoms with Crippen molar-refractivity contribution < 1.29 is 18.0 Å². The maximum atomic E-state index is 13.4. The highest BCUT2D eigenvalue weighted by Gasteiger charge is 2.35. The molecule has 2 aromatic carbocycles. The normalized spacial score (nSPS) is 17.5. The van der Waals surface area contributed by atoms with Crippen molar-refractivity contribution in [3.63, 3.8) is 0 Å². The molecule has 1 aromatic heterocycles. The van der Waals surface area contributed by atoms with Crippen LogP contribution in [0.2, 0.25) is 0 Å². The Hall–Kier alpha value is -3.29. The second kappa shape index (κ2) is 9.06. The van der Waals surface area contributed by atoms with E-state index in [-0.39, 0.29) is 23.4 Å². The van der Waals surface area contributed by atoms with Gasteiger partial charge in [0.25, 0.3) is 0 Å². The van der Waals surface area contributed by atoms with E-state index >= 15 is 0 Å². The predicted molar refractivity (Wildman–Crippen MR) is 131 cm³/mol. The number of anilines is 2. The SMILES string of the molecule is Cc1c([C@@H](C)Nc2ccnc3ccc(N4CCN(C(=O)C5CC5)CC4)cc23)cccc1C(F)(F)F. The molecule has 1 N–H and O–H groups in total. The van der Waals surface area contributed by atoms with E-state index in [1.165, 1.54) is 13.0 Å². The number of piperazine rings is 1. The van der Waals surface area contributed by atoms with Crippen LogP contribution < -0.4 is 10.2 Å². The molecule has 2 heterocycles. The molecule has 5 nitrogen and oxygen atoms in total. The fraction of sp³-hybridized carbons (Fsp3) is 0.407. The molecule has 1 atom stereocenters. The van der Waals surface area contributed by atoms with E-state index in [9.17, 15) is 18.0 Å². The monoisotopic (exact) mass is 482 g/mol. The van der Waals surface area contributed by atoms with Crippen molar-refractivity contribution in [1.82, 2.24) is 9.88 Å². The van der Waals surface area contributed by atoms with Crippen LogP contribution in [0.1, 0.15) is 42.5 Å². The fourth-order valence-electron chi connectivity index (χ4n) is 4.97. The van der Waals surface area contributed by atoms with Crippen LogP contribution in [0.5, 0.6) is 0 Å². The van der Waals surface area contributed by atoms with Crippen LogP contribution in [0.3, 0.4) is 0 Å². The molecule has 5 rings (SSSR count). The zero-order chi connectivity index (χ0) is 24.7. The van der Waals surface area contributed by atoms with E-state index in [0.29, 0.717) is 5.56 Å². The van der Waals surface area contributed by atoms with E-state index in [1.54, 1.807) is 12.3 Å². The number of aromatic nitrogens is 1. The van der Waals surface area contributed by atoms with Gasteiger partial charge in [0.05, 0.1) is 11.1 Å². The Morgan fingerprint density at radius 2 is 1.83 bits per heavy atom. The lowest BCUT2D eigenvalue weighted by Gasteiger charge is -2.36. The highest BCUT2D eigenvalue weighted by Crippen LogP contribution is 2.36. The van der Waals surface area contributed by atoms with Crippen molar-refractivity contribution in [3.8, 4) is 0 Å².